The average Bonchev–Trinajstić information content (AvgIpc) is 0.895. The molecule has 0 atom stereocenters. The van der Waals surface area contributed by atoms with Crippen LogP contribution in [0.25, 0.3) is 55.6 Å². The number of aromatic hydroxyl groups is 13. The molecule has 13 heteroatoms. The van der Waals surface area contributed by atoms with Crippen molar-refractivity contribution in [1.29, 1.82) is 0 Å². The maximum absolute atomic E-state index is 9.85. The standard InChI is InChI=1S/5C13H12O.4C6H6O2/c2*1-10-6-5-9-12(13(10)14)11-7-3-2-4-8-11;1-10-9-12(7-8-13(10)14)11-5-3-2-4-6-11;2*1-10-7-8-13(14)12(9-10)11-5-3-2-4-6-11;4*7-5-1-2-6(8)4-3-5/h5*2-9,14H,1H3;4*1-4,7-8H. The highest BCUT2D eigenvalue weighted by Crippen LogP contribution is 2.34. The van der Waals surface area contributed by atoms with Gasteiger partial charge in [0.05, 0.1) is 0 Å². The summed E-state index contributed by atoms with van der Waals surface area (Å²) < 4.78 is 0. The van der Waals surface area contributed by atoms with Gasteiger partial charge in [-0.25, -0.2) is 0 Å². The fourth-order valence-corrected chi connectivity index (χ4v) is 9.29. The van der Waals surface area contributed by atoms with Crippen molar-refractivity contribution in [3.63, 3.8) is 0 Å². The van der Waals surface area contributed by atoms with Gasteiger partial charge in [0.2, 0.25) is 0 Å². The second-order valence-corrected chi connectivity index (χ2v) is 22.9. The van der Waals surface area contributed by atoms with Gasteiger partial charge in [-0.05, 0) is 218 Å². The van der Waals surface area contributed by atoms with Crippen molar-refractivity contribution < 1.29 is 66.4 Å². The molecular formula is C89H84O13. The van der Waals surface area contributed by atoms with E-state index in [-0.39, 0.29) is 46.0 Å². The lowest BCUT2D eigenvalue weighted by molar-refractivity contribution is 0.460. The van der Waals surface area contributed by atoms with Crippen LogP contribution in [0.4, 0.5) is 0 Å². The summed E-state index contributed by atoms with van der Waals surface area (Å²) in [4.78, 5) is 0. The van der Waals surface area contributed by atoms with E-state index >= 15 is 0 Å². The van der Waals surface area contributed by atoms with Crippen molar-refractivity contribution in [3.05, 3.63) is 368 Å². The quantitative estimate of drug-likeness (QED) is 0.0716. The highest BCUT2D eigenvalue weighted by Gasteiger charge is 2.08. The summed E-state index contributed by atoms with van der Waals surface area (Å²) >= 11 is 0. The van der Waals surface area contributed by atoms with Crippen LogP contribution < -0.4 is 0 Å². The van der Waals surface area contributed by atoms with E-state index in [0.29, 0.717) is 28.7 Å². The zero-order chi connectivity index (χ0) is 73.8. The molecule has 0 aliphatic heterocycles. The van der Waals surface area contributed by atoms with Gasteiger partial charge in [0.1, 0.15) is 74.7 Å². The monoisotopic (exact) mass is 1360 g/mol. The number of hydrogen-bond donors (Lipinski definition) is 13. The van der Waals surface area contributed by atoms with E-state index in [1.165, 1.54) is 103 Å². The third kappa shape index (κ3) is 26.8. The molecule has 0 amide bonds. The Morgan fingerprint density at radius 1 is 0.157 bits per heavy atom. The van der Waals surface area contributed by atoms with Crippen LogP contribution in [0.1, 0.15) is 27.8 Å². The van der Waals surface area contributed by atoms with Crippen LogP contribution >= 0.6 is 0 Å². The lowest BCUT2D eigenvalue weighted by Gasteiger charge is -2.06. The van der Waals surface area contributed by atoms with Crippen molar-refractivity contribution in [1.82, 2.24) is 0 Å². The van der Waals surface area contributed by atoms with Crippen LogP contribution in [0.15, 0.2) is 340 Å². The molecule has 0 saturated carbocycles. The maximum Gasteiger partial charge on any atom is 0.126 e. The van der Waals surface area contributed by atoms with Crippen LogP contribution in [0, 0.1) is 34.6 Å². The minimum absolute atomic E-state index is 0.169. The van der Waals surface area contributed by atoms with Crippen molar-refractivity contribution >= 4 is 0 Å². The summed E-state index contributed by atoms with van der Waals surface area (Å²) in [7, 11) is 0. The lowest BCUT2D eigenvalue weighted by atomic mass is 10.0. The zero-order valence-electron chi connectivity index (χ0n) is 57.1. The number of rotatable bonds is 5. The Labute approximate surface area is 595 Å². The average molecular weight is 1360 g/mol. The second kappa shape index (κ2) is 40.9. The first-order valence-electron chi connectivity index (χ1n) is 32.2. The number of hydrogen-bond acceptors (Lipinski definition) is 13. The van der Waals surface area contributed by atoms with Crippen LogP contribution in [0.2, 0.25) is 0 Å². The molecule has 14 aromatic carbocycles. The van der Waals surface area contributed by atoms with Gasteiger partial charge in [0.15, 0.2) is 0 Å². The Kier molecular flexibility index (Phi) is 31.1. The molecule has 0 fully saturated rings. The summed E-state index contributed by atoms with van der Waals surface area (Å²) in [5.74, 6) is 3.12. The van der Waals surface area contributed by atoms with Crippen LogP contribution in [-0.4, -0.2) is 66.4 Å². The van der Waals surface area contributed by atoms with E-state index in [9.17, 15) is 25.5 Å². The highest BCUT2D eigenvalue weighted by molar-refractivity contribution is 5.74. The molecule has 102 heavy (non-hydrogen) atoms. The molecular weight excluding hydrogens is 1280 g/mol. The van der Waals surface area contributed by atoms with Crippen molar-refractivity contribution in [2.45, 2.75) is 34.6 Å². The fraction of sp³-hybridized carbons (Fsp3) is 0.0562. The Morgan fingerprint density at radius 2 is 0.392 bits per heavy atom. The summed E-state index contributed by atoms with van der Waals surface area (Å²) in [6.45, 7) is 9.75. The van der Waals surface area contributed by atoms with Gasteiger partial charge in [-0.2, -0.15) is 0 Å². The molecule has 13 nitrogen and oxygen atoms in total. The summed E-state index contributed by atoms with van der Waals surface area (Å²) in [5.41, 5.74) is 15.1. The maximum atomic E-state index is 9.85. The summed E-state index contributed by atoms with van der Waals surface area (Å²) in [5, 5.41) is 118. The molecule has 518 valence electrons. The molecule has 0 spiro atoms. The molecule has 0 aliphatic rings. The molecule has 0 bridgehead atoms. The van der Waals surface area contributed by atoms with Gasteiger partial charge in [0.25, 0.3) is 0 Å². The fourth-order valence-electron chi connectivity index (χ4n) is 9.29. The summed E-state index contributed by atoms with van der Waals surface area (Å²) in [6.07, 6.45) is 0. The number of phenols is 13. The predicted octanol–water partition coefficient (Wildman–Crippen LogP) is 21.2. The normalized spacial score (nSPS) is 9.74. The predicted molar refractivity (Wildman–Crippen MR) is 410 cm³/mol. The van der Waals surface area contributed by atoms with Gasteiger partial charge in [-0.15, -0.1) is 0 Å². The smallest absolute Gasteiger partial charge is 0.126 e. The van der Waals surface area contributed by atoms with Gasteiger partial charge >= 0.3 is 0 Å². The molecule has 0 heterocycles. The second-order valence-electron chi connectivity index (χ2n) is 22.9. The Bertz CT molecular complexity index is 4210. The molecule has 14 aromatic rings. The minimum Gasteiger partial charge on any atom is -0.508 e. The first-order valence-corrected chi connectivity index (χ1v) is 32.2. The van der Waals surface area contributed by atoms with E-state index in [4.69, 9.17) is 40.9 Å². The molecule has 14 rings (SSSR count). The van der Waals surface area contributed by atoms with E-state index < -0.39 is 0 Å². The Balaban J connectivity index is 0.000000182. The number of aryl methyl sites for hydroxylation is 5. The van der Waals surface area contributed by atoms with Gasteiger partial charge in [0, 0.05) is 22.3 Å². The topological polar surface area (TPSA) is 263 Å². The first kappa shape index (κ1) is 77.5. The zero-order valence-corrected chi connectivity index (χ0v) is 57.1. The van der Waals surface area contributed by atoms with Gasteiger partial charge in [-0.3, -0.25) is 0 Å². The molecule has 0 unspecified atom stereocenters. The van der Waals surface area contributed by atoms with E-state index in [2.05, 4.69) is 12.1 Å². The van der Waals surface area contributed by atoms with Crippen LogP contribution in [0.3, 0.4) is 0 Å². The third-order valence-electron chi connectivity index (χ3n) is 14.8. The van der Waals surface area contributed by atoms with Crippen molar-refractivity contribution in [2.75, 3.05) is 0 Å². The molecule has 0 radical (unpaired) electrons. The van der Waals surface area contributed by atoms with Gasteiger partial charge < -0.3 is 66.4 Å². The number of benzene rings is 14. The Morgan fingerprint density at radius 3 is 0.647 bits per heavy atom. The van der Waals surface area contributed by atoms with Crippen LogP contribution in [0.5, 0.6) is 74.7 Å². The van der Waals surface area contributed by atoms with Crippen molar-refractivity contribution in [2.24, 2.45) is 0 Å². The van der Waals surface area contributed by atoms with Crippen molar-refractivity contribution in [3.8, 4) is 130 Å². The van der Waals surface area contributed by atoms with E-state index in [1.54, 1.807) is 18.2 Å². The third-order valence-corrected chi connectivity index (χ3v) is 14.8. The molecule has 0 aromatic heterocycles. The minimum atomic E-state index is 0.169. The lowest BCUT2D eigenvalue weighted by Crippen LogP contribution is -1.81. The first-order chi connectivity index (χ1) is 49.0. The molecule has 13 N–H and O–H groups in total. The van der Waals surface area contributed by atoms with E-state index in [1.807, 2.05) is 247 Å². The SMILES string of the molecule is Cc1cc(-c2ccccc2)ccc1O.Cc1ccc(O)c(-c2ccccc2)c1.Cc1ccc(O)c(-c2ccccc2)c1.Cc1cccc(-c2ccccc2)c1O.Cc1cccc(-c2ccccc2)c1O.Oc1ccc(O)cc1.Oc1ccc(O)cc1.Oc1ccc(O)cc1.Oc1ccc(O)cc1. The Hall–Kier alpha value is -13.5. The molecule has 0 aliphatic carbocycles. The van der Waals surface area contributed by atoms with Gasteiger partial charge in [-0.1, -0.05) is 217 Å². The number of para-hydroxylation sites is 2. The van der Waals surface area contributed by atoms with E-state index in [0.717, 1.165) is 77.9 Å². The summed E-state index contributed by atoms with van der Waals surface area (Å²) in [6, 6.07) is 101. The molecule has 0 saturated heterocycles. The largest absolute Gasteiger partial charge is 0.508 e. The number of phenolic OH excluding ortho intramolecular Hbond substituents is 13. The van der Waals surface area contributed by atoms with Crippen LogP contribution in [-0.2, 0) is 0 Å². The highest BCUT2D eigenvalue weighted by atomic mass is 16.3.